The largest absolute Gasteiger partial charge is 0.336 e. The van der Waals surface area contributed by atoms with E-state index in [4.69, 9.17) is 0 Å². The quantitative estimate of drug-likeness (QED) is 0.724. The summed E-state index contributed by atoms with van der Waals surface area (Å²) >= 11 is 0. The Labute approximate surface area is 174 Å². The van der Waals surface area contributed by atoms with Crippen molar-refractivity contribution < 1.29 is 14.4 Å². The standard InChI is InChI=1S/C23H22N4O3/c1-22(15-24,16-12-13-16)25-19(28)14-27-20(29)23(26-21(27)30,17-8-4-2-5-9-17)18-10-6-3-7-11-18/h2-11,16H,12-14H2,1H3,(H,25,28)(H,26,30). The molecule has 2 fully saturated rings. The van der Waals surface area contributed by atoms with E-state index < -0.39 is 35.5 Å². The summed E-state index contributed by atoms with van der Waals surface area (Å²) in [6, 6.07) is 19.4. The topological polar surface area (TPSA) is 102 Å². The van der Waals surface area contributed by atoms with Gasteiger partial charge in [-0.1, -0.05) is 60.7 Å². The summed E-state index contributed by atoms with van der Waals surface area (Å²) in [4.78, 5) is 39.9. The third kappa shape index (κ3) is 3.20. The molecule has 0 spiro atoms. The summed E-state index contributed by atoms with van der Waals surface area (Å²) in [6.45, 7) is 1.22. The van der Waals surface area contributed by atoms with Gasteiger partial charge in [0.2, 0.25) is 5.91 Å². The lowest BCUT2D eigenvalue weighted by atomic mass is 9.82. The molecule has 30 heavy (non-hydrogen) atoms. The summed E-state index contributed by atoms with van der Waals surface area (Å²) in [5.41, 5.74) is -1.18. The van der Waals surface area contributed by atoms with E-state index in [-0.39, 0.29) is 5.92 Å². The highest BCUT2D eigenvalue weighted by Gasteiger charge is 2.54. The average molecular weight is 402 g/mol. The average Bonchev–Trinajstić information content (AvgIpc) is 3.59. The van der Waals surface area contributed by atoms with Gasteiger partial charge in [0.05, 0.1) is 6.07 Å². The van der Waals surface area contributed by atoms with Crippen LogP contribution >= 0.6 is 0 Å². The van der Waals surface area contributed by atoms with Crippen molar-refractivity contribution in [1.29, 1.82) is 5.26 Å². The van der Waals surface area contributed by atoms with Gasteiger partial charge >= 0.3 is 6.03 Å². The van der Waals surface area contributed by atoms with Crippen molar-refractivity contribution in [3.63, 3.8) is 0 Å². The van der Waals surface area contributed by atoms with Crippen molar-refractivity contribution in [2.75, 3.05) is 6.54 Å². The van der Waals surface area contributed by atoms with E-state index in [1.807, 2.05) is 12.1 Å². The van der Waals surface area contributed by atoms with Crippen LogP contribution in [0.25, 0.3) is 0 Å². The molecule has 1 aliphatic carbocycles. The minimum absolute atomic E-state index is 0.0993. The lowest BCUT2D eigenvalue weighted by molar-refractivity contribution is -0.134. The Balaban J connectivity index is 1.64. The number of nitrogens with one attached hydrogen (secondary N) is 2. The highest BCUT2D eigenvalue weighted by molar-refractivity contribution is 6.11. The Morgan fingerprint density at radius 3 is 2.13 bits per heavy atom. The van der Waals surface area contributed by atoms with Crippen LogP contribution in [0.2, 0.25) is 0 Å². The zero-order chi connectivity index (χ0) is 21.4. The molecule has 0 radical (unpaired) electrons. The first-order valence-electron chi connectivity index (χ1n) is 9.88. The highest BCUT2D eigenvalue weighted by Crippen LogP contribution is 2.39. The molecule has 2 aliphatic rings. The van der Waals surface area contributed by atoms with E-state index in [9.17, 15) is 19.6 Å². The summed E-state index contributed by atoms with van der Waals surface area (Å²) in [5.74, 6) is -0.959. The normalized spacial score (nSPS) is 19.5. The number of urea groups is 1. The Bertz CT molecular complexity index is 988. The van der Waals surface area contributed by atoms with E-state index in [0.717, 1.165) is 17.7 Å². The molecule has 2 aromatic rings. The predicted octanol–water partition coefficient (Wildman–Crippen LogP) is 2.29. The zero-order valence-corrected chi connectivity index (χ0v) is 16.6. The van der Waals surface area contributed by atoms with Gasteiger partial charge in [-0.15, -0.1) is 0 Å². The van der Waals surface area contributed by atoms with E-state index >= 15 is 0 Å². The molecule has 0 aromatic heterocycles. The van der Waals surface area contributed by atoms with E-state index in [1.165, 1.54) is 0 Å². The Morgan fingerprint density at radius 1 is 1.13 bits per heavy atom. The molecule has 0 bridgehead atoms. The van der Waals surface area contributed by atoms with Crippen LogP contribution in [-0.4, -0.2) is 34.8 Å². The van der Waals surface area contributed by atoms with Crippen molar-refractivity contribution in [3.8, 4) is 6.07 Å². The number of carbonyl (C=O) groups is 3. The van der Waals surface area contributed by atoms with Gasteiger partial charge in [-0.3, -0.25) is 14.5 Å². The number of nitrogens with zero attached hydrogens (tertiary/aromatic N) is 2. The van der Waals surface area contributed by atoms with Crippen LogP contribution in [-0.2, 0) is 15.1 Å². The molecule has 1 saturated heterocycles. The number of nitriles is 1. The third-order valence-electron chi connectivity index (χ3n) is 5.85. The fourth-order valence-corrected chi connectivity index (χ4v) is 4.01. The molecule has 1 saturated carbocycles. The highest BCUT2D eigenvalue weighted by atomic mass is 16.2. The minimum atomic E-state index is -1.41. The van der Waals surface area contributed by atoms with Crippen molar-refractivity contribution in [3.05, 3.63) is 71.8 Å². The van der Waals surface area contributed by atoms with Gasteiger partial charge in [0.1, 0.15) is 12.1 Å². The first kappa shape index (κ1) is 19.6. The van der Waals surface area contributed by atoms with Crippen LogP contribution in [0.1, 0.15) is 30.9 Å². The minimum Gasteiger partial charge on any atom is -0.336 e. The van der Waals surface area contributed by atoms with Gasteiger partial charge in [0.25, 0.3) is 5.91 Å². The second kappa shape index (κ2) is 7.30. The van der Waals surface area contributed by atoms with Crippen LogP contribution in [0.4, 0.5) is 4.79 Å². The van der Waals surface area contributed by atoms with E-state index in [2.05, 4.69) is 16.7 Å². The lowest BCUT2D eigenvalue weighted by Gasteiger charge is -2.28. The second-order valence-electron chi connectivity index (χ2n) is 7.94. The maximum Gasteiger partial charge on any atom is 0.326 e. The molecule has 4 rings (SSSR count). The number of benzene rings is 2. The lowest BCUT2D eigenvalue weighted by Crippen LogP contribution is -2.51. The number of rotatable bonds is 6. The monoisotopic (exact) mass is 402 g/mol. The molecule has 1 atom stereocenters. The Hall–Kier alpha value is -3.66. The van der Waals surface area contributed by atoms with Gasteiger partial charge in [0, 0.05) is 0 Å². The number of hydrogen-bond donors (Lipinski definition) is 2. The second-order valence-corrected chi connectivity index (χ2v) is 7.94. The molecular formula is C23H22N4O3. The molecule has 1 heterocycles. The number of hydrogen-bond acceptors (Lipinski definition) is 4. The SMILES string of the molecule is CC(C#N)(NC(=O)CN1C(=O)NC(c2ccccc2)(c2ccccc2)C1=O)C1CC1. The third-order valence-corrected chi connectivity index (χ3v) is 5.85. The fraction of sp³-hybridized carbons (Fsp3) is 0.304. The first-order valence-corrected chi connectivity index (χ1v) is 9.88. The molecule has 1 unspecified atom stereocenters. The summed E-state index contributed by atoms with van der Waals surface area (Å²) in [5, 5.41) is 15.0. The molecule has 1 aliphatic heterocycles. The van der Waals surface area contributed by atoms with Crippen LogP contribution in [0.5, 0.6) is 0 Å². The molecule has 2 aromatic carbocycles. The number of carbonyl (C=O) groups excluding carboxylic acids is 3. The predicted molar refractivity (Wildman–Crippen MR) is 109 cm³/mol. The molecule has 152 valence electrons. The molecular weight excluding hydrogens is 380 g/mol. The van der Waals surface area contributed by atoms with Crippen molar-refractivity contribution >= 4 is 17.8 Å². The Kier molecular flexibility index (Phi) is 4.78. The molecule has 7 nitrogen and oxygen atoms in total. The van der Waals surface area contributed by atoms with Crippen molar-refractivity contribution in [2.45, 2.75) is 30.8 Å². The number of amides is 4. The first-order chi connectivity index (χ1) is 14.4. The van der Waals surface area contributed by atoms with Gasteiger partial charge in [-0.2, -0.15) is 5.26 Å². The van der Waals surface area contributed by atoms with Crippen LogP contribution < -0.4 is 10.6 Å². The zero-order valence-electron chi connectivity index (χ0n) is 16.6. The fourth-order valence-electron chi connectivity index (χ4n) is 4.01. The molecule has 4 amide bonds. The van der Waals surface area contributed by atoms with Gasteiger partial charge < -0.3 is 10.6 Å². The van der Waals surface area contributed by atoms with E-state index in [1.54, 1.807) is 55.5 Å². The summed E-state index contributed by atoms with van der Waals surface area (Å²) < 4.78 is 0. The van der Waals surface area contributed by atoms with Crippen LogP contribution in [0.3, 0.4) is 0 Å². The molecule has 2 N–H and O–H groups in total. The van der Waals surface area contributed by atoms with Crippen LogP contribution in [0.15, 0.2) is 60.7 Å². The van der Waals surface area contributed by atoms with Gasteiger partial charge in [-0.05, 0) is 36.8 Å². The van der Waals surface area contributed by atoms with Crippen LogP contribution in [0, 0.1) is 17.2 Å². The van der Waals surface area contributed by atoms with E-state index in [0.29, 0.717) is 11.1 Å². The summed E-state index contributed by atoms with van der Waals surface area (Å²) in [7, 11) is 0. The Morgan fingerprint density at radius 2 is 1.67 bits per heavy atom. The maximum absolute atomic E-state index is 13.6. The summed E-state index contributed by atoms with van der Waals surface area (Å²) in [6.07, 6.45) is 1.75. The smallest absolute Gasteiger partial charge is 0.326 e. The van der Waals surface area contributed by atoms with Gasteiger partial charge in [0.15, 0.2) is 5.54 Å². The maximum atomic E-state index is 13.6. The number of imide groups is 1. The van der Waals surface area contributed by atoms with Crippen molar-refractivity contribution in [1.82, 2.24) is 15.5 Å². The van der Waals surface area contributed by atoms with Gasteiger partial charge in [-0.25, -0.2) is 4.79 Å². The molecule has 7 heteroatoms. The van der Waals surface area contributed by atoms with Crippen molar-refractivity contribution in [2.24, 2.45) is 5.92 Å².